The number of fused-ring (bicyclic) bond motifs is 1. The van der Waals surface area contributed by atoms with Crippen LogP contribution >= 0.6 is 0 Å². The van der Waals surface area contributed by atoms with E-state index < -0.39 is 5.91 Å². The van der Waals surface area contributed by atoms with Gasteiger partial charge in [-0.3, -0.25) is 14.9 Å². The standard InChI is InChI=1S/C12H11NO5/c1-16-7-3-9(17-2)8-5-11(12(15)13-6-14)18-10(8)4-7/h3-6H,1-2H3,(H,13,14,15). The lowest BCUT2D eigenvalue weighted by Crippen LogP contribution is -2.20. The summed E-state index contributed by atoms with van der Waals surface area (Å²) in [6.07, 6.45) is 0.299. The molecule has 0 atom stereocenters. The van der Waals surface area contributed by atoms with Crippen LogP contribution in [0.4, 0.5) is 0 Å². The maximum Gasteiger partial charge on any atom is 0.293 e. The van der Waals surface area contributed by atoms with Crippen LogP contribution in [-0.2, 0) is 4.79 Å². The Labute approximate surface area is 102 Å². The highest BCUT2D eigenvalue weighted by molar-refractivity contribution is 6.01. The summed E-state index contributed by atoms with van der Waals surface area (Å²) in [5, 5.41) is 2.64. The maximum absolute atomic E-state index is 11.5. The average molecular weight is 249 g/mol. The molecule has 0 spiro atoms. The van der Waals surface area contributed by atoms with E-state index >= 15 is 0 Å². The molecule has 1 aromatic heterocycles. The lowest BCUT2D eigenvalue weighted by atomic mass is 10.2. The third-order valence-electron chi connectivity index (χ3n) is 2.44. The summed E-state index contributed by atoms with van der Waals surface area (Å²) in [7, 11) is 3.02. The average Bonchev–Trinajstić information content (AvgIpc) is 2.81. The highest BCUT2D eigenvalue weighted by Crippen LogP contribution is 2.33. The molecule has 6 heteroatoms. The summed E-state index contributed by atoms with van der Waals surface area (Å²) >= 11 is 0. The third-order valence-corrected chi connectivity index (χ3v) is 2.44. The first-order valence-electron chi connectivity index (χ1n) is 5.09. The van der Waals surface area contributed by atoms with Crippen LogP contribution in [0.3, 0.4) is 0 Å². The van der Waals surface area contributed by atoms with Crippen molar-refractivity contribution in [2.75, 3.05) is 14.2 Å². The maximum atomic E-state index is 11.5. The van der Waals surface area contributed by atoms with Gasteiger partial charge in [-0.05, 0) is 0 Å². The van der Waals surface area contributed by atoms with Crippen LogP contribution in [0.1, 0.15) is 10.6 Å². The number of hydrogen-bond acceptors (Lipinski definition) is 5. The van der Waals surface area contributed by atoms with Crippen LogP contribution < -0.4 is 14.8 Å². The fourth-order valence-corrected chi connectivity index (χ4v) is 1.61. The first-order valence-corrected chi connectivity index (χ1v) is 5.09. The van der Waals surface area contributed by atoms with Crippen molar-refractivity contribution in [3.8, 4) is 11.5 Å². The Morgan fingerprint density at radius 2 is 2.06 bits per heavy atom. The summed E-state index contributed by atoms with van der Waals surface area (Å²) in [5.74, 6) is 0.500. The lowest BCUT2D eigenvalue weighted by molar-refractivity contribution is -0.108. The number of hydrogen-bond donors (Lipinski definition) is 1. The molecule has 0 aliphatic carbocycles. The van der Waals surface area contributed by atoms with Crippen molar-refractivity contribution < 1.29 is 23.5 Å². The molecule has 0 fully saturated rings. The van der Waals surface area contributed by atoms with Crippen LogP contribution in [0.25, 0.3) is 11.0 Å². The molecule has 0 aliphatic heterocycles. The van der Waals surface area contributed by atoms with Crippen LogP contribution in [0.2, 0.25) is 0 Å². The van der Waals surface area contributed by atoms with Crippen molar-refractivity contribution in [2.45, 2.75) is 0 Å². The second-order valence-electron chi connectivity index (χ2n) is 3.44. The number of carbonyl (C=O) groups is 2. The number of methoxy groups -OCH3 is 2. The minimum absolute atomic E-state index is 0.0312. The molecule has 1 heterocycles. The number of amides is 2. The van der Waals surface area contributed by atoms with Gasteiger partial charge in [-0.15, -0.1) is 0 Å². The Morgan fingerprint density at radius 1 is 1.28 bits per heavy atom. The van der Waals surface area contributed by atoms with E-state index in [1.165, 1.54) is 20.3 Å². The van der Waals surface area contributed by atoms with Crippen molar-refractivity contribution in [3.63, 3.8) is 0 Å². The van der Waals surface area contributed by atoms with Crippen LogP contribution in [-0.4, -0.2) is 26.5 Å². The van der Waals surface area contributed by atoms with E-state index in [0.29, 0.717) is 28.9 Å². The highest BCUT2D eigenvalue weighted by atomic mass is 16.5. The molecule has 0 bridgehead atoms. The predicted octanol–water partition coefficient (Wildman–Crippen LogP) is 1.34. The summed E-state index contributed by atoms with van der Waals surface area (Å²) < 4.78 is 15.6. The molecule has 0 unspecified atom stereocenters. The number of benzene rings is 1. The number of rotatable bonds is 4. The fourth-order valence-electron chi connectivity index (χ4n) is 1.61. The zero-order valence-electron chi connectivity index (χ0n) is 9.85. The van der Waals surface area contributed by atoms with Crippen LogP contribution in [0.5, 0.6) is 11.5 Å². The summed E-state index contributed by atoms with van der Waals surface area (Å²) in [5.41, 5.74) is 0.447. The summed E-state index contributed by atoms with van der Waals surface area (Å²) in [4.78, 5) is 21.7. The van der Waals surface area contributed by atoms with Gasteiger partial charge in [0, 0.05) is 18.2 Å². The van der Waals surface area contributed by atoms with E-state index in [2.05, 4.69) is 0 Å². The first-order chi connectivity index (χ1) is 8.69. The van der Waals surface area contributed by atoms with Crippen molar-refractivity contribution in [2.24, 2.45) is 0 Å². The summed E-state index contributed by atoms with van der Waals surface area (Å²) in [6.45, 7) is 0. The minimum Gasteiger partial charge on any atom is -0.496 e. The molecular weight excluding hydrogens is 238 g/mol. The van der Waals surface area contributed by atoms with Gasteiger partial charge in [0.1, 0.15) is 17.1 Å². The Bertz CT molecular complexity index is 602. The van der Waals surface area contributed by atoms with Gasteiger partial charge < -0.3 is 13.9 Å². The van der Waals surface area contributed by atoms with Crippen molar-refractivity contribution in [1.29, 1.82) is 0 Å². The molecule has 0 aliphatic rings. The Kier molecular flexibility index (Phi) is 3.18. The molecule has 18 heavy (non-hydrogen) atoms. The fraction of sp³-hybridized carbons (Fsp3) is 0.167. The van der Waals surface area contributed by atoms with E-state index in [4.69, 9.17) is 13.9 Å². The number of furan rings is 1. The Morgan fingerprint density at radius 3 is 2.67 bits per heavy atom. The normalized spacial score (nSPS) is 10.1. The van der Waals surface area contributed by atoms with Gasteiger partial charge in [-0.2, -0.15) is 0 Å². The first kappa shape index (κ1) is 12.0. The van der Waals surface area contributed by atoms with E-state index in [0.717, 1.165) is 0 Å². The quantitative estimate of drug-likeness (QED) is 0.827. The van der Waals surface area contributed by atoms with Gasteiger partial charge in [0.25, 0.3) is 5.91 Å². The Balaban J connectivity index is 2.55. The zero-order valence-corrected chi connectivity index (χ0v) is 9.85. The van der Waals surface area contributed by atoms with Gasteiger partial charge in [0.15, 0.2) is 5.76 Å². The molecule has 1 aromatic carbocycles. The molecule has 2 amide bonds. The number of carbonyl (C=O) groups excluding carboxylic acids is 2. The summed E-state index contributed by atoms with van der Waals surface area (Å²) in [6, 6.07) is 4.82. The van der Waals surface area contributed by atoms with Gasteiger partial charge >= 0.3 is 0 Å². The zero-order chi connectivity index (χ0) is 13.1. The molecule has 0 saturated carbocycles. The van der Waals surface area contributed by atoms with Crippen LogP contribution in [0.15, 0.2) is 22.6 Å². The second-order valence-corrected chi connectivity index (χ2v) is 3.44. The molecule has 2 rings (SSSR count). The van der Waals surface area contributed by atoms with Crippen molar-refractivity contribution in [3.05, 3.63) is 24.0 Å². The molecule has 6 nitrogen and oxygen atoms in total. The topological polar surface area (TPSA) is 77.8 Å². The van der Waals surface area contributed by atoms with E-state index in [1.54, 1.807) is 12.1 Å². The SMILES string of the molecule is COc1cc(OC)c2cc(C(=O)NC=O)oc2c1. The molecular formula is C12H11NO5. The molecule has 0 saturated heterocycles. The minimum atomic E-state index is -0.609. The number of nitrogens with one attached hydrogen (secondary N) is 1. The predicted molar refractivity (Wildman–Crippen MR) is 62.8 cm³/mol. The van der Waals surface area contributed by atoms with E-state index in [9.17, 15) is 9.59 Å². The number of ether oxygens (including phenoxy) is 2. The van der Waals surface area contributed by atoms with E-state index in [1.807, 2.05) is 5.32 Å². The largest absolute Gasteiger partial charge is 0.496 e. The van der Waals surface area contributed by atoms with Gasteiger partial charge in [0.2, 0.25) is 6.41 Å². The highest BCUT2D eigenvalue weighted by Gasteiger charge is 2.15. The van der Waals surface area contributed by atoms with Crippen molar-refractivity contribution in [1.82, 2.24) is 5.32 Å². The monoisotopic (exact) mass is 249 g/mol. The molecule has 2 aromatic rings. The number of imide groups is 1. The Hall–Kier alpha value is -2.50. The molecule has 0 radical (unpaired) electrons. The van der Waals surface area contributed by atoms with Gasteiger partial charge in [-0.1, -0.05) is 0 Å². The third kappa shape index (κ3) is 2.00. The lowest BCUT2D eigenvalue weighted by Gasteiger charge is -2.04. The van der Waals surface area contributed by atoms with Crippen LogP contribution in [0, 0.1) is 0 Å². The second kappa shape index (κ2) is 4.79. The smallest absolute Gasteiger partial charge is 0.293 e. The molecule has 1 N–H and O–H groups in total. The molecule has 94 valence electrons. The van der Waals surface area contributed by atoms with Gasteiger partial charge in [0.05, 0.1) is 19.6 Å². The van der Waals surface area contributed by atoms with Crippen molar-refractivity contribution >= 4 is 23.3 Å². The van der Waals surface area contributed by atoms with Gasteiger partial charge in [-0.25, -0.2) is 0 Å². The van der Waals surface area contributed by atoms with E-state index in [-0.39, 0.29) is 5.76 Å².